The Kier molecular flexibility index (Phi) is 2.53. The molecule has 0 spiro atoms. The number of hydrogen-bond acceptors (Lipinski definition) is 3. The number of nitrogens with one attached hydrogen (secondary N) is 2. The lowest BCUT2D eigenvalue weighted by Crippen LogP contribution is -2.40. The molecule has 17 heavy (non-hydrogen) atoms. The van der Waals surface area contributed by atoms with Crippen LogP contribution in [-0.2, 0) is 10.3 Å². The standard InChI is InChI=1S/C12H14N2O3/c1-7-6-8(4-5-9(7)17-3)12(2)10(15)13-11(16)14-12/h4-6H,1-3H3,(H2,13,14,15,16). The average molecular weight is 234 g/mol. The Bertz CT molecular complexity index is 499. The third kappa shape index (κ3) is 1.73. The summed E-state index contributed by atoms with van der Waals surface area (Å²) in [6.07, 6.45) is 0. The van der Waals surface area contributed by atoms with E-state index in [9.17, 15) is 9.59 Å². The first kappa shape index (κ1) is 11.4. The normalized spacial score (nSPS) is 23.2. The maximum atomic E-state index is 11.7. The first-order valence-electron chi connectivity index (χ1n) is 5.26. The van der Waals surface area contributed by atoms with Crippen LogP contribution in [0.25, 0.3) is 0 Å². The molecule has 0 saturated carbocycles. The summed E-state index contributed by atoms with van der Waals surface area (Å²) < 4.78 is 5.16. The van der Waals surface area contributed by atoms with Crippen molar-refractivity contribution in [1.82, 2.24) is 10.6 Å². The number of hydrogen-bond donors (Lipinski definition) is 2. The predicted molar refractivity (Wildman–Crippen MR) is 61.8 cm³/mol. The van der Waals surface area contributed by atoms with Crippen molar-refractivity contribution in [2.75, 3.05) is 7.11 Å². The van der Waals surface area contributed by atoms with Crippen LogP contribution < -0.4 is 15.4 Å². The highest BCUT2D eigenvalue weighted by Gasteiger charge is 2.43. The van der Waals surface area contributed by atoms with Gasteiger partial charge in [-0.3, -0.25) is 10.1 Å². The highest BCUT2D eigenvalue weighted by atomic mass is 16.5. The van der Waals surface area contributed by atoms with Crippen molar-refractivity contribution in [3.8, 4) is 5.75 Å². The summed E-state index contributed by atoms with van der Waals surface area (Å²) in [5, 5.41) is 4.85. The van der Waals surface area contributed by atoms with Crippen LogP contribution in [0.4, 0.5) is 4.79 Å². The van der Waals surface area contributed by atoms with Gasteiger partial charge < -0.3 is 10.1 Å². The van der Waals surface area contributed by atoms with Crippen LogP contribution in [0.15, 0.2) is 18.2 Å². The van der Waals surface area contributed by atoms with Gasteiger partial charge in [-0.2, -0.15) is 0 Å². The van der Waals surface area contributed by atoms with Crippen LogP contribution in [0.3, 0.4) is 0 Å². The predicted octanol–water partition coefficient (Wildman–Crippen LogP) is 1.06. The van der Waals surface area contributed by atoms with Crippen molar-refractivity contribution >= 4 is 11.9 Å². The smallest absolute Gasteiger partial charge is 0.322 e. The summed E-state index contributed by atoms with van der Waals surface area (Å²) in [5.74, 6) is 0.411. The Balaban J connectivity index is 2.44. The molecule has 90 valence electrons. The summed E-state index contributed by atoms with van der Waals surface area (Å²) in [6.45, 7) is 3.56. The first-order valence-corrected chi connectivity index (χ1v) is 5.26. The van der Waals surface area contributed by atoms with E-state index in [-0.39, 0.29) is 5.91 Å². The number of imide groups is 1. The monoisotopic (exact) mass is 234 g/mol. The molecule has 0 bridgehead atoms. The van der Waals surface area contributed by atoms with E-state index in [0.29, 0.717) is 0 Å². The van der Waals surface area contributed by atoms with Gasteiger partial charge in [-0.15, -0.1) is 0 Å². The van der Waals surface area contributed by atoms with Gasteiger partial charge in [-0.05, 0) is 37.1 Å². The second kappa shape index (κ2) is 3.76. The molecule has 1 heterocycles. The molecule has 1 atom stereocenters. The largest absolute Gasteiger partial charge is 0.496 e. The molecule has 0 radical (unpaired) electrons. The minimum atomic E-state index is -1.01. The topological polar surface area (TPSA) is 67.4 Å². The zero-order chi connectivity index (χ0) is 12.6. The van der Waals surface area contributed by atoms with E-state index in [1.807, 2.05) is 13.0 Å². The molecule has 1 fully saturated rings. The lowest BCUT2D eigenvalue weighted by atomic mass is 9.91. The molecule has 1 unspecified atom stereocenters. The molecular formula is C12H14N2O3. The van der Waals surface area contributed by atoms with Crippen LogP contribution in [0.2, 0.25) is 0 Å². The number of carbonyl (C=O) groups is 2. The lowest BCUT2D eigenvalue weighted by Gasteiger charge is -2.22. The van der Waals surface area contributed by atoms with Crippen molar-refractivity contribution in [3.05, 3.63) is 29.3 Å². The highest BCUT2D eigenvalue weighted by Crippen LogP contribution is 2.28. The van der Waals surface area contributed by atoms with Gasteiger partial charge in [-0.25, -0.2) is 4.79 Å². The molecule has 2 N–H and O–H groups in total. The summed E-state index contributed by atoms with van der Waals surface area (Å²) in [6, 6.07) is 4.93. The Morgan fingerprint density at radius 1 is 1.29 bits per heavy atom. The second-order valence-electron chi connectivity index (χ2n) is 4.22. The van der Waals surface area contributed by atoms with Gasteiger partial charge in [0.15, 0.2) is 0 Å². The van der Waals surface area contributed by atoms with Gasteiger partial charge >= 0.3 is 6.03 Å². The first-order chi connectivity index (χ1) is 7.97. The second-order valence-corrected chi connectivity index (χ2v) is 4.22. The lowest BCUT2D eigenvalue weighted by molar-refractivity contribution is -0.123. The Labute approximate surface area is 99.2 Å². The number of carbonyl (C=O) groups excluding carboxylic acids is 2. The summed E-state index contributed by atoms with van der Waals surface area (Å²) in [5.41, 5.74) is 0.646. The summed E-state index contributed by atoms with van der Waals surface area (Å²) >= 11 is 0. The summed E-state index contributed by atoms with van der Waals surface area (Å²) in [7, 11) is 1.59. The number of rotatable bonds is 2. The molecule has 5 nitrogen and oxygen atoms in total. The maximum absolute atomic E-state index is 11.7. The molecule has 3 amide bonds. The highest BCUT2D eigenvalue weighted by molar-refractivity contribution is 6.07. The fraction of sp³-hybridized carbons (Fsp3) is 0.333. The number of benzene rings is 1. The number of amides is 3. The molecule has 1 aliphatic heterocycles. The Hall–Kier alpha value is -2.04. The van der Waals surface area contributed by atoms with Gasteiger partial charge in [-0.1, -0.05) is 6.07 Å². The zero-order valence-corrected chi connectivity index (χ0v) is 9.96. The number of ether oxygens (including phenoxy) is 1. The fourth-order valence-electron chi connectivity index (χ4n) is 1.94. The average Bonchev–Trinajstić information content (AvgIpc) is 2.53. The van der Waals surface area contributed by atoms with E-state index < -0.39 is 11.6 Å². The van der Waals surface area contributed by atoms with Crippen molar-refractivity contribution < 1.29 is 14.3 Å². The quantitative estimate of drug-likeness (QED) is 0.752. The van der Waals surface area contributed by atoms with Crippen molar-refractivity contribution in [1.29, 1.82) is 0 Å². The van der Waals surface area contributed by atoms with Crippen molar-refractivity contribution in [3.63, 3.8) is 0 Å². The van der Waals surface area contributed by atoms with E-state index >= 15 is 0 Å². The van der Waals surface area contributed by atoms with Gasteiger partial charge in [0.25, 0.3) is 5.91 Å². The van der Waals surface area contributed by atoms with Crippen LogP contribution in [0, 0.1) is 6.92 Å². The molecular weight excluding hydrogens is 220 g/mol. The van der Waals surface area contributed by atoms with E-state index in [2.05, 4.69) is 10.6 Å². The minimum Gasteiger partial charge on any atom is -0.496 e. The van der Waals surface area contributed by atoms with Crippen LogP contribution in [0.1, 0.15) is 18.1 Å². The number of methoxy groups -OCH3 is 1. The van der Waals surface area contributed by atoms with Gasteiger partial charge in [0.2, 0.25) is 0 Å². The van der Waals surface area contributed by atoms with Gasteiger partial charge in [0.05, 0.1) is 7.11 Å². The third-order valence-corrected chi connectivity index (χ3v) is 3.02. The molecule has 1 aliphatic rings. The molecule has 1 saturated heterocycles. The van der Waals surface area contributed by atoms with E-state index in [1.165, 1.54) is 0 Å². The van der Waals surface area contributed by atoms with Crippen molar-refractivity contribution in [2.45, 2.75) is 19.4 Å². The van der Waals surface area contributed by atoms with Gasteiger partial charge in [0.1, 0.15) is 11.3 Å². The van der Waals surface area contributed by atoms with E-state index in [4.69, 9.17) is 4.74 Å². The zero-order valence-electron chi connectivity index (χ0n) is 9.96. The summed E-state index contributed by atoms with van der Waals surface area (Å²) in [4.78, 5) is 22.9. The van der Waals surface area contributed by atoms with Crippen LogP contribution in [0.5, 0.6) is 5.75 Å². The minimum absolute atomic E-state index is 0.341. The molecule has 0 aliphatic carbocycles. The maximum Gasteiger partial charge on any atom is 0.322 e. The number of aryl methyl sites for hydroxylation is 1. The van der Waals surface area contributed by atoms with Gasteiger partial charge in [0, 0.05) is 0 Å². The van der Waals surface area contributed by atoms with Crippen molar-refractivity contribution in [2.24, 2.45) is 0 Å². The van der Waals surface area contributed by atoms with E-state index in [1.54, 1.807) is 26.2 Å². The molecule has 2 rings (SSSR count). The number of urea groups is 1. The van der Waals surface area contributed by atoms with Crippen LogP contribution >= 0.6 is 0 Å². The SMILES string of the molecule is COc1ccc(C2(C)NC(=O)NC2=O)cc1C. The Morgan fingerprint density at radius 3 is 2.47 bits per heavy atom. The van der Waals surface area contributed by atoms with Crippen LogP contribution in [-0.4, -0.2) is 19.0 Å². The van der Waals surface area contributed by atoms with E-state index in [0.717, 1.165) is 16.9 Å². The molecule has 1 aromatic rings. The molecule has 5 heteroatoms. The molecule has 0 aromatic heterocycles. The third-order valence-electron chi connectivity index (χ3n) is 3.02. The molecule has 1 aromatic carbocycles. The fourth-order valence-corrected chi connectivity index (χ4v) is 1.94. The Morgan fingerprint density at radius 2 is 2.00 bits per heavy atom.